The number of ether oxygens (including phenoxy) is 2. The van der Waals surface area contributed by atoms with Gasteiger partial charge in [-0.25, -0.2) is 0 Å². The number of rotatable bonds is 4. The van der Waals surface area contributed by atoms with Crippen molar-refractivity contribution in [2.75, 3.05) is 13.7 Å². The molecule has 0 fully saturated rings. The molecule has 0 spiro atoms. The van der Waals surface area contributed by atoms with Crippen LogP contribution in [0.5, 0.6) is 0 Å². The average molecular weight is 365 g/mol. The molecule has 0 amide bonds. The molecule has 7 heteroatoms. The summed E-state index contributed by atoms with van der Waals surface area (Å²) in [5.74, 6) is 0.442. The molecular weight excluding hydrogens is 351 g/mol. The van der Waals surface area contributed by atoms with Gasteiger partial charge < -0.3 is 0 Å². The Morgan fingerprint density at radius 3 is 2.77 bits per heavy atom. The fourth-order valence-electron chi connectivity index (χ4n) is 2.03. The van der Waals surface area contributed by atoms with Crippen LogP contribution in [0.25, 0.3) is 0 Å². The van der Waals surface area contributed by atoms with E-state index >= 15 is 0 Å². The summed E-state index contributed by atoms with van der Waals surface area (Å²) in [6.45, 7) is 1.89. The number of aryl methyl sites for hydroxylation is 1. The van der Waals surface area contributed by atoms with Gasteiger partial charge >= 0.3 is 133 Å². The number of esters is 1. The van der Waals surface area contributed by atoms with E-state index in [2.05, 4.69) is 9.98 Å². The molecule has 1 aliphatic rings. The molecule has 1 atom stereocenters. The van der Waals surface area contributed by atoms with Crippen molar-refractivity contribution in [2.24, 2.45) is 4.99 Å². The van der Waals surface area contributed by atoms with Crippen LogP contribution in [0.1, 0.15) is 11.6 Å². The maximum absolute atomic E-state index is 12.3. The first-order valence-electron chi connectivity index (χ1n) is 6.60. The molecule has 1 aromatic heterocycles. The van der Waals surface area contributed by atoms with Gasteiger partial charge in [0.2, 0.25) is 0 Å². The molecule has 0 N–H and O–H groups in total. The fourth-order valence-corrected chi connectivity index (χ4v) is 4.33. The number of aromatic nitrogens is 1. The van der Waals surface area contributed by atoms with Gasteiger partial charge in [-0.1, -0.05) is 0 Å². The molecule has 114 valence electrons. The van der Waals surface area contributed by atoms with Crippen molar-refractivity contribution in [3.8, 4) is 0 Å². The Labute approximate surface area is 133 Å². The summed E-state index contributed by atoms with van der Waals surface area (Å²) >= 11 is -0.262. The maximum atomic E-state index is 12.3. The topological polar surface area (TPSA) is 73.9 Å². The van der Waals surface area contributed by atoms with E-state index in [0.29, 0.717) is 17.5 Å². The van der Waals surface area contributed by atoms with Crippen LogP contribution in [0.15, 0.2) is 46.0 Å². The number of benzene rings is 1. The monoisotopic (exact) mass is 366 g/mol. The number of hydrogen-bond donors (Lipinski definition) is 0. The van der Waals surface area contributed by atoms with E-state index in [1.54, 1.807) is 6.92 Å². The predicted octanol–water partition coefficient (Wildman–Crippen LogP) is 0.659. The van der Waals surface area contributed by atoms with E-state index in [-0.39, 0.29) is 21.6 Å². The van der Waals surface area contributed by atoms with Gasteiger partial charge in [-0.2, -0.15) is 0 Å². The molecular formula is C15H14N2O4Se. The zero-order valence-electron chi connectivity index (χ0n) is 12.1. The molecule has 3 rings (SSSR count). The van der Waals surface area contributed by atoms with Gasteiger partial charge in [0.05, 0.1) is 0 Å². The number of methoxy groups -OCH3 is 1. The minimum absolute atomic E-state index is 0.149. The summed E-state index contributed by atoms with van der Waals surface area (Å²) in [6, 6.07) is 9.74. The van der Waals surface area contributed by atoms with Crippen LogP contribution >= 0.6 is 0 Å². The van der Waals surface area contributed by atoms with Crippen molar-refractivity contribution >= 4 is 31.3 Å². The van der Waals surface area contributed by atoms with Crippen LogP contribution in [0.4, 0.5) is 0 Å². The molecule has 0 bridgehead atoms. The molecule has 0 radical (unpaired) electrons. The first-order valence-corrected chi connectivity index (χ1v) is 8.32. The van der Waals surface area contributed by atoms with Crippen LogP contribution in [-0.2, 0) is 14.3 Å². The Bertz CT molecular complexity index is 713. The predicted molar refractivity (Wildman–Crippen MR) is 80.3 cm³/mol. The van der Waals surface area contributed by atoms with E-state index in [1.165, 1.54) is 13.4 Å². The van der Waals surface area contributed by atoms with Gasteiger partial charge in [-0.15, -0.1) is 0 Å². The molecule has 0 aliphatic carbocycles. The number of hydrogen-bond acceptors (Lipinski definition) is 6. The Kier molecular flexibility index (Phi) is 4.00. The number of nitrogens with zero attached hydrogens (tertiary/aromatic N) is 2. The number of carbonyl (C=O) groups is 1. The van der Waals surface area contributed by atoms with Gasteiger partial charge in [-0.3, -0.25) is 0 Å². The van der Waals surface area contributed by atoms with Gasteiger partial charge in [-0.05, 0) is 0 Å². The summed E-state index contributed by atoms with van der Waals surface area (Å²) < 4.78 is 15.7. The summed E-state index contributed by atoms with van der Waals surface area (Å²) in [5, 5.41) is 0. The van der Waals surface area contributed by atoms with Crippen LogP contribution < -0.4 is 4.46 Å². The van der Waals surface area contributed by atoms with Crippen LogP contribution in [0, 0.1) is 6.92 Å². The molecule has 0 saturated heterocycles. The number of oxazole rings is 1. The van der Waals surface area contributed by atoms with Gasteiger partial charge in [0.15, 0.2) is 0 Å². The van der Waals surface area contributed by atoms with Crippen molar-refractivity contribution < 1.29 is 18.7 Å². The standard InChI is InChI=1S/C15H14N2O4Se/c1-10-16-12(8-20-10)13-17-15(9-21-13,14(18)19-2)22-11-6-4-3-5-7-11/h3-8H,9H2,1-2H3. The van der Waals surface area contributed by atoms with E-state index in [1.807, 2.05) is 30.3 Å². The third kappa shape index (κ3) is 2.77. The van der Waals surface area contributed by atoms with Gasteiger partial charge in [0, 0.05) is 0 Å². The van der Waals surface area contributed by atoms with Crippen LogP contribution in [0.2, 0.25) is 0 Å². The third-order valence-corrected chi connectivity index (χ3v) is 5.62. The normalized spacial score (nSPS) is 20.4. The van der Waals surface area contributed by atoms with Crippen molar-refractivity contribution in [1.29, 1.82) is 0 Å². The van der Waals surface area contributed by atoms with Crippen molar-refractivity contribution in [3.05, 3.63) is 48.2 Å². The van der Waals surface area contributed by atoms with E-state index in [0.717, 1.165) is 4.46 Å². The average Bonchev–Trinajstić information content (AvgIpc) is 3.15. The van der Waals surface area contributed by atoms with E-state index in [9.17, 15) is 4.79 Å². The van der Waals surface area contributed by atoms with Crippen LogP contribution in [0.3, 0.4) is 0 Å². The van der Waals surface area contributed by atoms with Crippen molar-refractivity contribution in [1.82, 2.24) is 4.98 Å². The molecule has 0 saturated carbocycles. The van der Waals surface area contributed by atoms with Gasteiger partial charge in [0.25, 0.3) is 0 Å². The Hall–Kier alpha value is -2.11. The number of carbonyl (C=O) groups excluding carboxylic acids is 1. The Balaban J connectivity index is 1.94. The second kappa shape index (κ2) is 5.94. The first-order chi connectivity index (χ1) is 10.6. The SMILES string of the molecule is COC(=O)C1([Se]c2ccccc2)COC(c2coc(C)n2)=N1. The number of aliphatic imine (C=N–C) groups is 1. The molecule has 1 aliphatic heterocycles. The van der Waals surface area contributed by atoms with Gasteiger partial charge in [0.1, 0.15) is 0 Å². The molecule has 22 heavy (non-hydrogen) atoms. The molecule has 6 nitrogen and oxygen atoms in total. The zero-order valence-corrected chi connectivity index (χ0v) is 13.8. The second-order valence-electron chi connectivity index (χ2n) is 4.65. The fraction of sp³-hybridized carbons (Fsp3) is 0.267. The molecule has 1 unspecified atom stereocenters. The summed E-state index contributed by atoms with van der Waals surface area (Å²) in [6.07, 6.45) is 1.47. The molecule has 2 heterocycles. The first kappa shape index (κ1) is 14.8. The molecule has 2 aromatic rings. The van der Waals surface area contributed by atoms with E-state index in [4.69, 9.17) is 13.9 Å². The second-order valence-corrected chi connectivity index (χ2v) is 7.48. The minimum atomic E-state index is -1.02. The Morgan fingerprint density at radius 1 is 1.36 bits per heavy atom. The summed E-state index contributed by atoms with van der Waals surface area (Å²) in [5.41, 5.74) is 0.493. The zero-order chi connectivity index (χ0) is 15.6. The quantitative estimate of drug-likeness (QED) is 0.588. The molecule has 1 aromatic carbocycles. The third-order valence-electron chi connectivity index (χ3n) is 3.06. The Morgan fingerprint density at radius 2 is 2.14 bits per heavy atom. The summed E-state index contributed by atoms with van der Waals surface area (Å²) in [7, 11) is 1.36. The van der Waals surface area contributed by atoms with Crippen LogP contribution in [-0.4, -0.2) is 50.0 Å². The van der Waals surface area contributed by atoms with Crippen molar-refractivity contribution in [3.63, 3.8) is 0 Å². The summed E-state index contributed by atoms with van der Waals surface area (Å²) in [4.78, 5) is 21.0. The van der Waals surface area contributed by atoms with Crippen molar-refractivity contribution in [2.45, 2.75) is 11.4 Å². The van der Waals surface area contributed by atoms with E-state index < -0.39 is 10.4 Å².